The molecule has 4 atom stereocenters. The van der Waals surface area contributed by atoms with Crippen LogP contribution in [0, 0.1) is 12.7 Å². The number of carbonyl (C=O) groups excluding carboxylic acids is 1. The van der Waals surface area contributed by atoms with E-state index >= 15 is 0 Å². The van der Waals surface area contributed by atoms with Crippen LogP contribution < -0.4 is 10.2 Å². The maximum atomic E-state index is 13.9. The number of amides is 1. The van der Waals surface area contributed by atoms with Gasteiger partial charge in [-0.1, -0.05) is 12.1 Å². The summed E-state index contributed by atoms with van der Waals surface area (Å²) < 4.78 is 16.4. The third-order valence-corrected chi connectivity index (χ3v) is 8.65. The smallest absolute Gasteiger partial charge is 0.217 e. The van der Waals surface area contributed by atoms with Gasteiger partial charge >= 0.3 is 0 Å². The molecule has 1 amide bonds. The lowest BCUT2D eigenvalue weighted by Crippen LogP contribution is -2.45. The van der Waals surface area contributed by atoms with Crippen molar-refractivity contribution in [1.82, 2.24) is 29.7 Å². The van der Waals surface area contributed by atoms with Crippen molar-refractivity contribution >= 4 is 11.7 Å². The minimum Gasteiger partial charge on any atom is -0.350 e. The Hall–Kier alpha value is -3.33. The Labute approximate surface area is 223 Å². The van der Waals surface area contributed by atoms with Crippen LogP contribution in [-0.4, -0.2) is 55.5 Å². The summed E-state index contributed by atoms with van der Waals surface area (Å²) in [6.45, 7) is 6.31. The van der Waals surface area contributed by atoms with E-state index in [4.69, 9.17) is 4.98 Å². The van der Waals surface area contributed by atoms with Crippen LogP contribution in [0.15, 0.2) is 42.9 Å². The number of aromatic nitrogens is 4. The largest absolute Gasteiger partial charge is 0.350 e. The number of hydrogen-bond acceptors (Lipinski definition) is 6. The lowest BCUT2D eigenvalue weighted by Gasteiger charge is -2.41. The number of nitrogens with zero attached hydrogens (tertiary/aromatic N) is 6. The Morgan fingerprint density at radius 3 is 2.71 bits per heavy atom. The van der Waals surface area contributed by atoms with Crippen molar-refractivity contribution in [2.24, 2.45) is 0 Å². The Morgan fingerprint density at radius 1 is 1.18 bits per heavy atom. The first kappa shape index (κ1) is 25.0. The summed E-state index contributed by atoms with van der Waals surface area (Å²) in [7, 11) is 0. The van der Waals surface area contributed by atoms with Crippen LogP contribution >= 0.6 is 0 Å². The maximum Gasteiger partial charge on any atom is 0.217 e. The monoisotopic (exact) mass is 517 g/mol. The van der Waals surface area contributed by atoms with Crippen molar-refractivity contribution in [2.45, 2.75) is 83.1 Å². The predicted molar refractivity (Wildman–Crippen MR) is 143 cm³/mol. The number of fused-ring (bicyclic) bond motifs is 3. The van der Waals surface area contributed by atoms with E-state index in [9.17, 15) is 9.18 Å². The highest BCUT2D eigenvalue weighted by molar-refractivity contribution is 5.73. The zero-order chi connectivity index (χ0) is 26.2. The molecule has 9 heteroatoms. The molecule has 2 aromatic heterocycles. The molecule has 2 bridgehead atoms. The van der Waals surface area contributed by atoms with E-state index in [1.165, 1.54) is 43.3 Å². The summed E-state index contributed by atoms with van der Waals surface area (Å²) >= 11 is 0. The molecule has 6 rings (SSSR count). The highest BCUT2D eigenvalue weighted by Crippen LogP contribution is 2.43. The number of piperidine rings is 1. The third kappa shape index (κ3) is 4.91. The fourth-order valence-electron chi connectivity index (χ4n) is 7.08. The Balaban J connectivity index is 1.14. The summed E-state index contributed by atoms with van der Waals surface area (Å²) in [6, 6.07) is 9.93. The average molecular weight is 518 g/mol. The summed E-state index contributed by atoms with van der Waals surface area (Å²) in [4.78, 5) is 30.3. The number of anilines is 1. The van der Waals surface area contributed by atoms with Crippen molar-refractivity contribution in [1.29, 1.82) is 0 Å². The first-order valence-corrected chi connectivity index (χ1v) is 13.8. The van der Waals surface area contributed by atoms with Crippen LogP contribution in [0.1, 0.15) is 73.9 Å². The molecule has 8 nitrogen and oxygen atoms in total. The summed E-state index contributed by atoms with van der Waals surface area (Å²) in [5, 5.41) is 3.04. The van der Waals surface area contributed by atoms with Crippen LogP contribution in [0.3, 0.4) is 0 Å². The zero-order valence-electron chi connectivity index (χ0n) is 22.2. The standard InChI is InChI=1S/C29H36FN7O/c1-19-33-27-17-35(29-8-11-31-18-32-29)12-10-28(27)37(19)25-15-23-6-7-24(16-25)36(23)13-9-26(34-20(2)38)21-4-3-5-22(30)14-21/h3-5,8,11,14,18,23-26H,6-7,9-10,12-13,15-17H2,1-2H3,(H,34,38)/t23-,24+,25?,26-/m0/s1. The van der Waals surface area contributed by atoms with Gasteiger partial charge in [0, 0.05) is 56.5 Å². The second-order valence-electron chi connectivity index (χ2n) is 11.0. The van der Waals surface area contributed by atoms with Crippen molar-refractivity contribution in [2.75, 3.05) is 18.0 Å². The van der Waals surface area contributed by atoms with Gasteiger partial charge in [0.15, 0.2) is 0 Å². The molecule has 1 unspecified atom stereocenters. The van der Waals surface area contributed by atoms with Gasteiger partial charge in [0.25, 0.3) is 0 Å². The van der Waals surface area contributed by atoms with Crippen LogP contribution in [-0.2, 0) is 17.8 Å². The van der Waals surface area contributed by atoms with E-state index in [-0.39, 0.29) is 17.8 Å². The second-order valence-corrected chi connectivity index (χ2v) is 11.0. The Kier molecular flexibility index (Phi) is 6.86. The van der Waals surface area contributed by atoms with Gasteiger partial charge < -0.3 is 14.8 Å². The van der Waals surface area contributed by atoms with Crippen molar-refractivity contribution in [3.05, 3.63) is 71.4 Å². The van der Waals surface area contributed by atoms with E-state index in [1.54, 1.807) is 18.6 Å². The molecule has 0 saturated carbocycles. The lowest BCUT2D eigenvalue weighted by molar-refractivity contribution is -0.119. The van der Waals surface area contributed by atoms with Crippen LogP contribution in [0.4, 0.5) is 10.2 Å². The number of nitrogens with one attached hydrogen (secondary N) is 1. The molecule has 5 heterocycles. The van der Waals surface area contributed by atoms with Gasteiger partial charge in [-0.2, -0.15) is 0 Å². The molecule has 3 aliphatic rings. The van der Waals surface area contributed by atoms with Gasteiger partial charge in [-0.25, -0.2) is 19.3 Å². The fraction of sp³-hybridized carbons (Fsp3) is 0.517. The minimum atomic E-state index is -0.266. The Morgan fingerprint density at radius 2 is 2.00 bits per heavy atom. The van der Waals surface area contributed by atoms with Crippen LogP contribution in [0.2, 0.25) is 0 Å². The number of halogens is 1. The van der Waals surface area contributed by atoms with Crippen molar-refractivity contribution in [3.8, 4) is 0 Å². The normalized spacial score (nSPS) is 23.8. The zero-order valence-corrected chi connectivity index (χ0v) is 22.2. The molecule has 38 heavy (non-hydrogen) atoms. The quantitative estimate of drug-likeness (QED) is 0.508. The molecule has 2 saturated heterocycles. The van der Waals surface area contributed by atoms with Gasteiger partial charge in [-0.15, -0.1) is 0 Å². The number of imidazole rings is 1. The second kappa shape index (κ2) is 10.4. The highest BCUT2D eigenvalue weighted by atomic mass is 19.1. The van der Waals surface area contributed by atoms with Gasteiger partial charge in [-0.05, 0) is 62.8 Å². The topological polar surface area (TPSA) is 79.2 Å². The SMILES string of the molecule is CC(=O)N[C@@H](CCN1[C@@H]2CC[C@H]1CC(n1c(C)nc3c1CCN(c1ccncn1)C3)C2)c1cccc(F)c1. The molecule has 0 radical (unpaired) electrons. The number of hydrogen-bond donors (Lipinski definition) is 1. The summed E-state index contributed by atoms with van der Waals surface area (Å²) in [6.07, 6.45) is 9.82. The van der Waals surface area contributed by atoms with Gasteiger partial charge in [-0.3, -0.25) is 9.69 Å². The lowest BCUT2D eigenvalue weighted by atomic mass is 9.94. The van der Waals surface area contributed by atoms with E-state index in [0.717, 1.165) is 62.5 Å². The highest BCUT2D eigenvalue weighted by Gasteiger charge is 2.42. The fourth-order valence-corrected chi connectivity index (χ4v) is 7.08. The number of benzene rings is 1. The molecule has 0 aliphatic carbocycles. The van der Waals surface area contributed by atoms with Gasteiger partial charge in [0.05, 0.1) is 18.3 Å². The molecule has 1 N–H and O–H groups in total. The summed E-state index contributed by atoms with van der Waals surface area (Å²) in [5.74, 6) is 1.73. The van der Waals surface area contributed by atoms with Crippen LogP contribution in [0.5, 0.6) is 0 Å². The Bertz CT molecular complexity index is 1280. The molecule has 3 aliphatic heterocycles. The molecule has 1 aromatic carbocycles. The maximum absolute atomic E-state index is 13.9. The van der Waals surface area contributed by atoms with Crippen molar-refractivity contribution < 1.29 is 9.18 Å². The van der Waals surface area contributed by atoms with E-state index in [0.29, 0.717) is 18.1 Å². The molecule has 2 fully saturated rings. The van der Waals surface area contributed by atoms with E-state index < -0.39 is 0 Å². The number of carbonyl (C=O) groups is 1. The molecular formula is C29H36FN7O. The number of rotatable bonds is 7. The first-order valence-electron chi connectivity index (χ1n) is 13.8. The van der Waals surface area contributed by atoms with Gasteiger partial charge in [0.1, 0.15) is 23.8 Å². The first-order chi connectivity index (χ1) is 18.5. The minimum absolute atomic E-state index is 0.0837. The van der Waals surface area contributed by atoms with E-state index in [2.05, 4.69) is 36.6 Å². The van der Waals surface area contributed by atoms with E-state index in [1.807, 2.05) is 12.1 Å². The molecular weight excluding hydrogens is 481 g/mol. The molecule has 0 spiro atoms. The number of aryl methyl sites for hydroxylation is 1. The summed E-state index contributed by atoms with van der Waals surface area (Å²) in [5.41, 5.74) is 3.40. The van der Waals surface area contributed by atoms with Crippen molar-refractivity contribution in [3.63, 3.8) is 0 Å². The van der Waals surface area contributed by atoms with Gasteiger partial charge in [0.2, 0.25) is 5.91 Å². The third-order valence-electron chi connectivity index (χ3n) is 8.65. The average Bonchev–Trinajstić information content (AvgIpc) is 3.36. The molecule has 3 aromatic rings. The van der Waals surface area contributed by atoms with Crippen LogP contribution in [0.25, 0.3) is 0 Å². The predicted octanol–water partition coefficient (Wildman–Crippen LogP) is 4.12. The molecule has 200 valence electrons.